The predicted molar refractivity (Wildman–Crippen MR) is 96.2 cm³/mol. The van der Waals surface area contributed by atoms with Crippen LogP contribution in [-0.2, 0) is 14.3 Å². The van der Waals surface area contributed by atoms with Gasteiger partial charge in [0.15, 0.2) is 0 Å². The Morgan fingerprint density at radius 1 is 1.17 bits per heavy atom. The maximum Gasteiger partial charge on any atom is 0.250 e. The minimum Gasteiger partial charge on any atom is -0.383 e. The van der Waals surface area contributed by atoms with E-state index in [-0.39, 0.29) is 11.8 Å². The Labute approximate surface area is 142 Å². The summed E-state index contributed by atoms with van der Waals surface area (Å²) in [5.41, 5.74) is 2.51. The first-order chi connectivity index (χ1) is 11.5. The Bertz CT molecular complexity index is 622. The molecule has 0 atom stereocenters. The lowest BCUT2D eigenvalue weighted by atomic mass is 10.0. The summed E-state index contributed by atoms with van der Waals surface area (Å²) in [6.07, 6.45) is 2.06. The Hall–Kier alpha value is -2.34. The molecular weight excluding hydrogens is 306 g/mol. The van der Waals surface area contributed by atoms with E-state index in [0.29, 0.717) is 22.9 Å². The van der Waals surface area contributed by atoms with E-state index >= 15 is 0 Å². The maximum atomic E-state index is 12.0. The van der Waals surface area contributed by atoms with Crippen LogP contribution in [0.4, 0.5) is 17.1 Å². The number of nitrogens with one attached hydrogen (secondary N) is 3. The molecular formula is C18H25N3O3. The molecule has 1 aliphatic rings. The lowest BCUT2D eigenvalue weighted by Crippen LogP contribution is -2.23. The highest BCUT2D eigenvalue weighted by Gasteiger charge is 2.15. The minimum absolute atomic E-state index is 0.157. The number of carbonyl (C=O) groups excluding carboxylic acids is 2. The third-order valence-electron chi connectivity index (χ3n) is 3.90. The molecule has 1 fully saturated rings. The number of amides is 2. The molecule has 0 radical (unpaired) electrons. The first kappa shape index (κ1) is 18.0. The Morgan fingerprint density at radius 3 is 2.50 bits per heavy atom. The van der Waals surface area contributed by atoms with Crippen LogP contribution >= 0.6 is 0 Å². The number of hydrogen-bond acceptors (Lipinski definition) is 4. The zero-order chi connectivity index (χ0) is 17.5. The van der Waals surface area contributed by atoms with Gasteiger partial charge in [-0.05, 0) is 43.9 Å². The van der Waals surface area contributed by atoms with Crippen molar-refractivity contribution in [2.24, 2.45) is 5.92 Å². The zero-order valence-electron chi connectivity index (χ0n) is 14.3. The lowest BCUT2D eigenvalue weighted by Gasteiger charge is -2.23. The normalized spacial score (nSPS) is 14.8. The quantitative estimate of drug-likeness (QED) is 0.700. The molecule has 6 heteroatoms. The first-order valence-electron chi connectivity index (χ1n) is 8.16. The molecule has 0 unspecified atom stereocenters. The molecule has 2 rings (SSSR count). The maximum absolute atomic E-state index is 12.0. The van der Waals surface area contributed by atoms with E-state index in [4.69, 9.17) is 4.74 Å². The van der Waals surface area contributed by atoms with Gasteiger partial charge >= 0.3 is 0 Å². The van der Waals surface area contributed by atoms with E-state index < -0.39 is 0 Å². The molecule has 6 nitrogen and oxygen atoms in total. The molecule has 1 aromatic rings. The van der Waals surface area contributed by atoms with Crippen molar-refractivity contribution in [3.63, 3.8) is 0 Å². The monoisotopic (exact) mass is 331 g/mol. The predicted octanol–water partition coefficient (Wildman–Crippen LogP) is 3.00. The fraction of sp³-hybridized carbons (Fsp3) is 0.444. The molecule has 0 aliphatic carbocycles. The van der Waals surface area contributed by atoms with E-state index in [0.717, 1.165) is 38.3 Å². The van der Waals surface area contributed by atoms with Gasteiger partial charge in [-0.3, -0.25) is 9.59 Å². The fourth-order valence-corrected chi connectivity index (χ4v) is 2.52. The average molecular weight is 331 g/mol. The van der Waals surface area contributed by atoms with Crippen molar-refractivity contribution < 1.29 is 14.3 Å². The molecule has 0 aromatic heterocycles. The van der Waals surface area contributed by atoms with Gasteiger partial charge in [-0.1, -0.05) is 6.58 Å². The Kier molecular flexibility index (Phi) is 6.37. The van der Waals surface area contributed by atoms with Gasteiger partial charge in [0.05, 0.1) is 11.4 Å². The smallest absolute Gasteiger partial charge is 0.250 e. The summed E-state index contributed by atoms with van der Waals surface area (Å²) in [6.45, 7) is 9.17. The third-order valence-corrected chi connectivity index (χ3v) is 3.90. The molecule has 130 valence electrons. The third kappa shape index (κ3) is 5.38. The largest absolute Gasteiger partial charge is 0.383 e. The van der Waals surface area contributed by atoms with Gasteiger partial charge in [0.1, 0.15) is 0 Å². The van der Waals surface area contributed by atoms with Crippen molar-refractivity contribution in [3.8, 4) is 0 Å². The van der Waals surface area contributed by atoms with E-state index in [9.17, 15) is 9.59 Å². The molecule has 0 saturated carbocycles. The van der Waals surface area contributed by atoms with Crippen LogP contribution in [0.3, 0.4) is 0 Å². The highest BCUT2D eigenvalue weighted by atomic mass is 16.5. The van der Waals surface area contributed by atoms with E-state index in [1.807, 2.05) is 12.1 Å². The number of hydrogen-bond donors (Lipinski definition) is 3. The van der Waals surface area contributed by atoms with E-state index in [1.165, 1.54) is 6.92 Å². The second-order valence-electron chi connectivity index (χ2n) is 6.11. The summed E-state index contributed by atoms with van der Waals surface area (Å²) in [6, 6.07) is 5.41. The molecule has 3 N–H and O–H groups in total. The molecule has 1 aromatic carbocycles. The standard InChI is InChI=1S/C18H25N3O3/c1-12(2)18(23)21-17-10-15(20-13(3)22)4-5-16(17)19-11-14-6-8-24-9-7-14/h4-5,10,14,19H,1,6-9,11H2,2-3H3,(H,20,22)(H,21,23). The molecule has 0 bridgehead atoms. The Balaban J connectivity index is 2.12. The molecule has 1 saturated heterocycles. The van der Waals surface area contributed by atoms with Crippen molar-refractivity contribution in [1.29, 1.82) is 0 Å². The highest BCUT2D eigenvalue weighted by molar-refractivity contribution is 6.05. The van der Waals surface area contributed by atoms with Gasteiger partial charge in [0, 0.05) is 37.9 Å². The van der Waals surface area contributed by atoms with Crippen LogP contribution in [0.5, 0.6) is 0 Å². The fourth-order valence-electron chi connectivity index (χ4n) is 2.52. The topological polar surface area (TPSA) is 79.5 Å². The minimum atomic E-state index is -0.246. The summed E-state index contributed by atoms with van der Waals surface area (Å²) in [5.74, 6) is 0.151. The van der Waals surface area contributed by atoms with Crippen molar-refractivity contribution in [2.75, 3.05) is 35.7 Å². The number of benzene rings is 1. The van der Waals surface area contributed by atoms with Gasteiger partial charge < -0.3 is 20.7 Å². The van der Waals surface area contributed by atoms with Crippen LogP contribution in [0, 0.1) is 5.92 Å². The van der Waals surface area contributed by atoms with Crippen molar-refractivity contribution in [3.05, 3.63) is 30.4 Å². The van der Waals surface area contributed by atoms with Crippen LogP contribution in [0.2, 0.25) is 0 Å². The molecule has 24 heavy (non-hydrogen) atoms. The van der Waals surface area contributed by atoms with Crippen LogP contribution < -0.4 is 16.0 Å². The van der Waals surface area contributed by atoms with Crippen molar-refractivity contribution in [1.82, 2.24) is 0 Å². The van der Waals surface area contributed by atoms with E-state index in [1.54, 1.807) is 13.0 Å². The van der Waals surface area contributed by atoms with Gasteiger partial charge in [-0.25, -0.2) is 0 Å². The lowest BCUT2D eigenvalue weighted by molar-refractivity contribution is -0.114. The van der Waals surface area contributed by atoms with Gasteiger partial charge in [0.25, 0.3) is 5.91 Å². The summed E-state index contributed by atoms with van der Waals surface area (Å²) < 4.78 is 5.37. The highest BCUT2D eigenvalue weighted by Crippen LogP contribution is 2.27. The second-order valence-corrected chi connectivity index (χ2v) is 6.11. The SMILES string of the molecule is C=C(C)C(=O)Nc1cc(NC(C)=O)ccc1NCC1CCOCC1. The van der Waals surface area contributed by atoms with Crippen molar-refractivity contribution >= 4 is 28.9 Å². The second kappa shape index (κ2) is 8.49. The molecule has 1 heterocycles. The average Bonchev–Trinajstić information content (AvgIpc) is 2.54. The van der Waals surface area contributed by atoms with Gasteiger partial charge in [-0.2, -0.15) is 0 Å². The molecule has 1 aliphatic heterocycles. The molecule has 2 amide bonds. The zero-order valence-corrected chi connectivity index (χ0v) is 14.3. The van der Waals surface area contributed by atoms with Crippen LogP contribution in [0.1, 0.15) is 26.7 Å². The van der Waals surface area contributed by atoms with Gasteiger partial charge in [-0.15, -0.1) is 0 Å². The van der Waals surface area contributed by atoms with Crippen molar-refractivity contribution in [2.45, 2.75) is 26.7 Å². The van der Waals surface area contributed by atoms with Crippen LogP contribution in [0.25, 0.3) is 0 Å². The summed E-state index contributed by atoms with van der Waals surface area (Å²) in [4.78, 5) is 23.2. The molecule has 0 spiro atoms. The summed E-state index contributed by atoms with van der Waals surface area (Å²) >= 11 is 0. The van der Waals surface area contributed by atoms with Crippen LogP contribution in [0.15, 0.2) is 30.4 Å². The van der Waals surface area contributed by atoms with Gasteiger partial charge in [0.2, 0.25) is 5.91 Å². The summed E-state index contributed by atoms with van der Waals surface area (Å²) in [7, 11) is 0. The summed E-state index contributed by atoms with van der Waals surface area (Å²) in [5, 5.41) is 8.95. The van der Waals surface area contributed by atoms with E-state index in [2.05, 4.69) is 22.5 Å². The number of rotatable bonds is 6. The number of carbonyl (C=O) groups is 2. The first-order valence-corrected chi connectivity index (χ1v) is 8.16. The van der Waals surface area contributed by atoms with Crippen LogP contribution in [-0.4, -0.2) is 31.6 Å². The number of anilines is 3. The number of ether oxygens (including phenoxy) is 1. The Morgan fingerprint density at radius 2 is 1.88 bits per heavy atom.